The summed E-state index contributed by atoms with van der Waals surface area (Å²) in [6.07, 6.45) is 1.88. The van der Waals surface area contributed by atoms with Gasteiger partial charge in [-0.15, -0.1) is 11.3 Å². The molecular weight excluding hydrogens is 322 g/mol. The fourth-order valence-corrected chi connectivity index (χ4v) is 3.56. The molecule has 2 aromatic heterocycles. The van der Waals surface area contributed by atoms with Gasteiger partial charge in [0.25, 0.3) is 0 Å². The molecule has 4 rings (SSSR count). The van der Waals surface area contributed by atoms with Gasteiger partial charge in [0.1, 0.15) is 16.9 Å². The van der Waals surface area contributed by atoms with E-state index in [4.69, 9.17) is 14.1 Å². The maximum Gasteiger partial charge on any atom is 0.226 e. The number of benzene rings is 1. The lowest BCUT2D eigenvalue weighted by Gasteiger charge is -2.31. The monoisotopic (exact) mass is 341 g/mol. The van der Waals surface area contributed by atoms with E-state index in [1.54, 1.807) is 11.3 Å². The van der Waals surface area contributed by atoms with E-state index < -0.39 is 0 Å². The Morgan fingerprint density at radius 2 is 2.17 bits per heavy atom. The van der Waals surface area contributed by atoms with Gasteiger partial charge in [0.05, 0.1) is 12.3 Å². The Morgan fingerprint density at radius 3 is 2.96 bits per heavy atom. The highest BCUT2D eigenvalue weighted by Crippen LogP contribution is 2.26. The number of aryl methyl sites for hydroxylation is 1. The number of nitrogens with zero attached hydrogens (tertiary/aromatic N) is 3. The second-order valence-electron chi connectivity index (χ2n) is 5.85. The van der Waals surface area contributed by atoms with Gasteiger partial charge in [-0.25, -0.2) is 9.97 Å². The zero-order chi connectivity index (χ0) is 16.4. The largest absolute Gasteiger partial charge is 0.441 e. The summed E-state index contributed by atoms with van der Waals surface area (Å²) in [7, 11) is 0. The average Bonchev–Trinajstić information content (AvgIpc) is 3.27. The predicted molar refractivity (Wildman–Crippen MR) is 92.8 cm³/mol. The van der Waals surface area contributed by atoms with Crippen molar-refractivity contribution < 1.29 is 9.15 Å². The van der Waals surface area contributed by atoms with Crippen LogP contribution in [0.2, 0.25) is 0 Å². The van der Waals surface area contributed by atoms with Crippen molar-refractivity contribution in [2.24, 2.45) is 0 Å². The molecule has 3 heterocycles. The molecule has 1 fully saturated rings. The van der Waals surface area contributed by atoms with Gasteiger partial charge in [-0.1, -0.05) is 18.2 Å². The minimum atomic E-state index is 0.0551. The molecule has 1 atom stereocenters. The zero-order valence-corrected chi connectivity index (χ0v) is 14.3. The van der Waals surface area contributed by atoms with Crippen LogP contribution in [0.15, 0.2) is 46.3 Å². The second-order valence-corrected chi connectivity index (χ2v) is 6.78. The number of morpholine rings is 1. The summed E-state index contributed by atoms with van der Waals surface area (Å²) in [6.45, 7) is 5.20. The van der Waals surface area contributed by atoms with Crippen LogP contribution < -0.4 is 0 Å². The van der Waals surface area contributed by atoms with Crippen LogP contribution in [0.3, 0.4) is 0 Å². The van der Waals surface area contributed by atoms with Crippen molar-refractivity contribution in [1.82, 2.24) is 14.9 Å². The van der Waals surface area contributed by atoms with Gasteiger partial charge in [0.15, 0.2) is 0 Å². The molecule has 0 radical (unpaired) electrons. The van der Waals surface area contributed by atoms with Crippen LogP contribution >= 0.6 is 11.3 Å². The van der Waals surface area contributed by atoms with E-state index in [9.17, 15) is 0 Å². The van der Waals surface area contributed by atoms with E-state index in [0.717, 1.165) is 41.7 Å². The maximum absolute atomic E-state index is 5.86. The van der Waals surface area contributed by atoms with Crippen molar-refractivity contribution in [1.29, 1.82) is 0 Å². The molecule has 1 aliphatic rings. The molecule has 5 nitrogen and oxygen atoms in total. The molecule has 0 amide bonds. The number of aromatic nitrogens is 2. The molecule has 0 saturated carbocycles. The first-order valence-electron chi connectivity index (χ1n) is 8.04. The van der Waals surface area contributed by atoms with Gasteiger partial charge in [-0.05, 0) is 19.1 Å². The molecule has 0 N–H and O–H groups in total. The van der Waals surface area contributed by atoms with E-state index in [0.29, 0.717) is 12.5 Å². The third kappa shape index (κ3) is 3.26. The van der Waals surface area contributed by atoms with Gasteiger partial charge < -0.3 is 9.15 Å². The SMILES string of the molecule is Cc1oc(-c2ccccc2)nc1CN1CCOC(c2nccs2)C1. The molecule has 6 heteroatoms. The molecule has 3 aromatic rings. The van der Waals surface area contributed by atoms with Crippen LogP contribution in [0.1, 0.15) is 22.6 Å². The van der Waals surface area contributed by atoms with Crippen molar-refractivity contribution in [3.05, 3.63) is 58.4 Å². The van der Waals surface area contributed by atoms with E-state index in [-0.39, 0.29) is 6.10 Å². The van der Waals surface area contributed by atoms with E-state index in [1.807, 2.05) is 48.8 Å². The molecule has 24 heavy (non-hydrogen) atoms. The summed E-state index contributed by atoms with van der Waals surface area (Å²) >= 11 is 1.65. The minimum Gasteiger partial charge on any atom is -0.441 e. The van der Waals surface area contributed by atoms with Crippen LogP contribution in [-0.2, 0) is 11.3 Å². The fourth-order valence-electron chi connectivity index (χ4n) is 2.88. The summed E-state index contributed by atoms with van der Waals surface area (Å²) in [4.78, 5) is 11.4. The standard InChI is InChI=1S/C18H19N3O2S/c1-13-15(20-17(23-13)14-5-3-2-4-6-14)11-21-8-9-22-16(12-21)18-19-7-10-24-18/h2-7,10,16H,8-9,11-12H2,1H3. The highest BCUT2D eigenvalue weighted by molar-refractivity contribution is 7.09. The molecule has 0 spiro atoms. The molecule has 1 unspecified atom stereocenters. The topological polar surface area (TPSA) is 51.4 Å². The number of oxazole rings is 1. The third-order valence-electron chi connectivity index (χ3n) is 4.16. The Labute approximate surface area is 144 Å². The lowest BCUT2D eigenvalue weighted by Crippen LogP contribution is -2.38. The first kappa shape index (κ1) is 15.5. The van der Waals surface area contributed by atoms with Crippen LogP contribution in [0.25, 0.3) is 11.5 Å². The predicted octanol–water partition coefficient (Wildman–Crippen LogP) is 3.68. The summed E-state index contributed by atoms with van der Waals surface area (Å²) in [5, 5.41) is 3.03. The van der Waals surface area contributed by atoms with Crippen molar-refractivity contribution >= 4 is 11.3 Å². The Balaban J connectivity index is 1.48. The summed E-state index contributed by atoms with van der Waals surface area (Å²) in [5.74, 6) is 1.57. The second kappa shape index (κ2) is 6.84. The van der Waals surface area contributed by atoms with E-state index in [2.05, 4.69) is 9.88 Å². The normalized spacial score (nSPS) is 18.8. The van der Waals surface area contributed by atoms with Crippen molar-refractivity contribution in [3.63, 3.8) is 0 Å². The Hall–Kier alpha value is -2.02. The Kier molecular flexibility index (Phi) is 4.42. The minimum absolute atomic E-state index is 0.0551. The zero-order valence-electron chi connectivity index (χ0n) is 13.5. The summed E-state index contributed by atoms with van der Waals surface area (Å²) < 4.78 is 11.7. The van der Waals surface area contributed by atoms with Crippen LogP contribution in [0.4, 0.5) is 0 Å². The highest BCUT2D eigenvalue weighted by Gasteiger charge is 2.25. The number of ether oxygens (including phenoxy) is 1. The lowest BCUT2D eigenvalue weighted by molar-refractivity contribution is -0.0334. The lowest BCUT2D eigenvalue weighted by atomic mass is 10.2. The van der Waals surface area contributed by atoms with Gasteiger partial charge in [-0.3, -0.25) is 4.90 Å². The van der Waals surface area contributed by atoms with E-state index >= 15 is 0 Å². The number of hydrogen-bond donors (Lipinski definition) is 0. The van der Waals surface area contributed by atoms with Crippen molar-refractivity contribution in [2.45, 2.75) is 19.6 Å². The average molecular weight is 341 g/mol. The van der Waals surface area contributed by atoms with E-state index in [1.165, 1.54) is 0 Å². The molecule has 1 aromatic carbocycles. The van der Waals surface area contributed by atoms with Crippen molar-refractivity contribution in [3.8, 4) is 11.5 Å². The molecule has 1 saturated heterocycles. The molecular formula is C18H19N3O2S. The van der Waals surface area contributed by atoms with Crippen molar-refractivity contribution in [2.75, 3.05) is 19.7 Å². The maximum atomic E-state index is 5.86. The fraction of sp³-hybridized carbons (Fsp3) is 0.333. The molecule has 0 aliphatic carbocycles. The summed E-state index contributed by atoms with van der Waals surface area (Å²) in [5.41, 5.74) is 2.00. The number of hydrogen-bond acceptors (Lipinski definition) is 6. The highest BCUT2D eigenvalue weighted by atomic mass is 32.1. The number of rotatable bonds is 4. The molecule has 0 bridgehead atoms. The number of thiazole rings is 1. The third-order valence-corrected chi connectivity index (χ3v) is 5.03. The van der Waals surface area contributed by atoms with Crippen LogP contribution in [0.5, 0.6) is 0 Å². The summed E-state index contributed by atoms with van der Waals surface area (Å²) in [6, 6.07) is 10.0. The smallest absolute Gasteiger partial charge is 0.226 e. The molecule has 124 valence electrons. The van der Waals surface area contributed by atoms with Gasteiger partial charge in [-0.2, -0.15) is 0 Å². The Bertz CT molecular complexity index is 786. The van der Waals surface area contributed by atoms with Gasteiger partial charge >= 0.3 is 0 Å². The van der Waals surface area contributed by atoms with Gasteiger partial charge in [0.2, 0.25) is 5.89 Å². The first-order valence-corrected chi connectivity index (χ1v) is 8.92. The van der Waals surface area contributed by atoms with Crippen LogP contribution in [-0.4, -0.2) is 34.6 Å². The first-order chi connectivity index (χ1) is 11.8. The quantitative estimate of drug-likeness (QED) is 0.724. The molecule has 1 aliphatic heterocycles. The Morgan fingerprint density at radius 1 is 1.29 bits per heavy atom. The van der Waals surface area contributed by atoms with Crippen LogP contribution in [0, 0.1) is 6.92 Å². The van der Waals surface area contributed by atoms with Gasteiger partial charge in [0, 0.05) is 36.8 Å².